The van der Waals surface area contributed by atoms with E-state index in [1.807, 2.05) is 0 Å². The molecular formula is C13H17BrF2N2O2. The Bertz CT molecular complexity index is 458. The van der Waals surface area contributed by atoms with Crippen molar-refractivity contribution in [3.05, 3.63) is 28.2 Å². The Labute approximate surface area is 125 Å². The maximum absolute atomic E-state index is 12.3. The maximum Gasteiger partial charge on any atom is 0.387 e. The zero-order chi connectivity index (χ0) is 15.1. The van der Waals surface area contributed by atoms with E-state index in [0.29, 0.717) is 12.1 Å². The molecule has 20 heavy (non-hydrogen) atoms. The molecule has 0 aliphatic rings. The molecule has 2 N–H and O–H groups in total. The van der Waals surface area contributed by atoms with Crippen molar-refractivity contribution < 1.29 is 18.3 Å². The average molecular weight is 351 g/mol. The molecule has 0 aliphatic carbocycles. The quantitative estimate of drug-likeness (QED) is 0.794. The van der Waals surface area contributed by atoms with E-state index in [0.717, 1.165) is 4.47 Å². The Morgan fingerprint density at radius 2 is 2.15 bits per heavy atom. The first-order valence-corrected chi connectivity index (χ1v) is 6.89. The molecule has 0 saturated heterocycles. The van der Waals surface area contributed by atoms with E-state index < -0.39 is 6.61 Å². The first-order chi connectivity index (χ1) is 9.43. The second-order valence-corrected chi connectivity index (χ2v) is 5.22. The van der Waals surface area contributed by atoms with Crippen LogP contribution in [0.25, 0.3) is 0 Å². The summed E-state index contributed by atoms with van der Waals surface area (Å²) in [4.78, 5) is 11.8. The Morgan fingerprint density at radius 1 is 1.45 bits per heavy atom. The zero-order valence-corrected chi connectivity index (χ0v) is 12.8. The molecule has 112 valence electrons. The minimum Gasteiger partial charge on any atom is -0.434 e. The van der Waals surface area contributed by atoms with Gasteiger partial charge in [-0.05, 0) is 25.2 Å². The fourth-order valence-corrected chi connectivity index (χ4v) is 2.06. The minimum absolute atomic E-state index is 0.0600. The summed E-state index contributed by atoms with van der Waals surface area (Å²) in [5.74, 6) is -0.293. The molecule has 1 atom stereocenters. The number of hydrogen-bond donors (Lipinski definition) is 2. The normalized spacial score (nSPS) is 12.3. The molecule has 1 aromatic rings. The number of alkyl halides is 2. The highest BCUT2D eigenvalue weighted by Gasteiger charge is 2.14. The molecule has 1 aromatic carbocycles. The van der Waals surface area contributed by atoms with E-state index in [9.17, 15) is 13.6 Å². The summed E-state index contributed by atoms with van der Waals surface area (Å²) in [6, 6.07) is 4.68. The van der Waals surface area contributed by atoms with Crippen LogP contribution in [0.15, 0.2) is 22.7 Å². The van der Waals surface area contributed by atoms with Gasteiger partial charge in [0.05, 0.1) is 0 Å². The lowest BCUT2D eigenvalue weighted by Gasteiger charge is -2.14. The number of halogens is 3. The van der Waals surface area contributed by atoms with Gasteiger partial charge in [0, 0.05) is 29.0 Å². The molecule has 0 aromatic heterocycles. The standard InChI is InChI=1S/C13H17BrF2N2O2/c1-8(6-17-2)12(19)18-7-9-5-10(14)3-4-11(9)20-13(15)16/h3-5,8,13,17H,6-7H2,1-2H3,(H,18,19). The second kappa shape index (κ2) is 8.16. The Balaban J connectivity index is 2.70. The largest absolute Gasteiger partial charge is 0.434 e. The third-order valence-corrected chi connectivity index (χ3v) is 3.14. The predicted octanol–water partition coefficient (Wildman–Crippen LogP) is 2.52. The van der Waals surface area contributed by atoms with Gasteiger partial charge in [0.25, 0.3) is 0 Å². The molecule has 1 amide bonds. The van der Waals surface area contributed by atoms with Crippen LogP contribution in [0, 0.1) is 5.92 Å². The first-order valence-electron chi connectivity index (χ1n) is 6.09. The van der Waals surface area contributed by atoms with Crippen LogP contribution in [0.2, 0.25) is 0 Å². The van der Waals surface area contributed by atoms with Crippen molar-refractivity contribution in [1.82, 2.24) is 10.6 Å². The molecule has 0 spiro atoms. The zero-order valence-electron chi connectivity index (χ0n) is 11.3. The Kier molecular flexibility index (Phi) is 6.87. The maximum atomic E-state index is 12.3. The summed E-state index contributed by atoms with van der Waals surface area (Å²) in [5, 5.41) is 5.60. The molecule has 0 bridgehead atoms. The van der Waals surface area contributed by atoms with E-state index in [1.165, 1.54) is 6.07 Å². The molecular weight excluding hydrogens is 334 g/mol. The molecule has 0 radical (unpaired) electrons. The highest BCUT2D eigenvalue weighted by Crippen LogP contribution is 2.24. The summed E-state index contributed by atoms with van der Waals surface area (Å²) in [5.41, 5.74) is 0.490. The van der Waals surface area contributed by atoms with Crippen LogP contribution < -0.4 is 15.4 Å². The third kappa shape index (κ3) is 5.42. The van der Waals surface area contributed by atoms with Crippen LogP contribution >= 0.6 is 15.9 Å². The number of nitrogens with one attached hydrogen (secondary N) is 2. The van der Waals surface area contributed by atoms with E-state index in [1.54, 1.807) is 26.1 Å². The summed E-state index contributed by atoms with van der Waals surface area (Å²) < 4.78 is 29.7. The van der Waals surface area contributed by atoms with Crippen LogP contribution in [-0.4, -0.2) is 26.1 Å². The van der Waals surface area contributed by atoms with Crippen molar-refractivity contribution in [2.45, 2.75) is 20.1 Å². The molecule has 1 rings (SSSR count). The topological polar surface area (TPSA) is 50.4 Å². The third-order valence-electron chi connectivity index (χ3n) is 2.65. The highest BCUT2D eigenvalue weighted by atomic mass is 79.9. The number of carbonyl (C=O) groups is 1. The van der Waals surface area contributed by atoms with Gasteiger partial charge in [-0.15, -0.1) is 0 Å². The number of ether oxygens (including phenoxy) is 1. The Morgan fingerprint density at radius 3 is 2.75 bits per heavy atom. The monoisotopic (exact) mass is 350 g/mol. The molecule has 0 heterocycles. The highest BCUT2D eigenvalue weighted by molar-refractivity contribution is 9.10. The lowest BCUT2D eigenvalue weighted by atomic mass is 10.1. The van der Waals surface area contributed by atoms with Gasteiger partial charge >= 0.3 is 6.61 Å². The van der Waals surface area contributed by atoms with Gasteiger partial charge in [-0.2, -0.15) is 8.78 Å². The average Bonchev–Trinajstić information content (AvgIpc) is 2.38. The van der Waals surface area contributed by atoms with Gasteiger partial charge in [-0.3, -0.25) is 4.79 Å². The van der Waals surface area contributed by atoms with Gasteiger partial charge in [0.1, 0.15) is 5.75 Å². The number of rotatable bonds is 7. The molecule has 0 fully saturated rings. The lowest BCUT2D eigenvalue weighted by Crippen LogP contribution is -2.34. The van der Waals surface area contributed by atoms with Crippen LogP contribution in [0.4, 0.5) is 8.78 Å². The van der Waals surface area contributed by atoms with Crippen molar-refractivity contribution in [2.24, 2.45) is 5.92 Å². The number of carbonyl (C=O) groups excluding carboxylic acids is 1. The Hall–Kier alpha value is -1.21. The van der Waals surface area contributed by atoms with Crippen LogP contribution in [0.1, 0.15) is 12.5 Å². The molecule has 7 heteroatoms. The molecule has 4 nitrogen and oxygen atoms in total. The second-order valence-electron chi connectivity index (χ2n) is 4.31. The minimum atomic E-state index is -2.89. The van der Waals surface area contributed by atoms with E-state index >= 15 is 0 Å². The van der Waals surface area contributed by atoms with Gasteiger partial charge in [0.15, 0.2) is 0 Å². The van der Waals surface area contributed by atoms with Gasteiger partial charge in [-0.1, -0.05) is 22.9 Å². The number of benzene rings is 1. The van der Waals surface area contributed by atoms with Crippen molar-refractivity contribution >= 4 is 21.8 Å². The summed E-state index contributed by atoms with van der Waals surface area (Å²) in [6.07, 6.45) is 0. The fourth-order valence-electron chi connectivity index (χ4n) is 1.65. The van der Waals surface area contributed by atoms with E-state index in [-0.39, 0.29) is 24.1 Å². The number of hydrogen-bond acceptors (Lipinski definition) is 3. The van der Waals surface area contributed by atoms with E-state index in [2.05, 4.69) is 31.3 Å². The fraction of sp³-hybridized carbons (Fsp3) is 0.462. The summed E-state index contributed by atoms with van der Waals surface area (Å²) in [7, 11) is 1.76. The van der Waals surface area contributed by atoms with Gasteiger partial charge < -0.3 is 15.4 Å². The summed E-state index contributed by atoms with van der Waals surface area (Å²) in [6.45, 7) is -0.434. The predicted molar refractivity (Wildman–Crippen MR) is 75.7 cm³/mol. The van der Waals surface area contributed by atoms with Gasteiger partial charge in [0.2, 0.25) is 5.91 Å². The number of amides is 1. The van der Waals surface area contributed by atoms with E-state index in [4.69, 9.17) is 0 Å². The first kappa shape index (κ1) is 16.8. The van der Waals surface area contributed by atoms with Crippen LogP contribution in [-0.2, 0) is 11.3 Å². The van der Waals surface area contributed by atoms with Crippen molar-refractivity contribution in [1.29, 1.82) is 0 Å². The SMILES string of the molecule is CNCC(C)C(=O)NCc1cc(Br)ccc1OC(F)F. The van der Waals surface area contributed by atoms with Crippen molar-refractivity contribution in [2.75, 3.05) is 13.6 Å². The van der Waals surface area contributed by atoms with Gasteiger partial charge in [-0.25, -0.2) is 0 Å². The lowest BCUT2D eigenvalue weighted by molar-refractivity contribution is -0.124. The molecule has 0 saturated carbocycles. The summed E-state index contributed by atoms with van der Waals surface area (Å²) >= 11 is 3.26. The van der Waals surface area contributed by atoms with Crippen LogP contribution in [0.5, 0.6) is 5.75 Å². The molecule has 1 unspecified atom stereocenters. The van der Waals surface area contributed by atoms with Crippen molar-refractivity contribution in [3.8, 4) is 5.75 Å². The van der Waals surface area contributed by atoms with Crippen molar-refractivity contribution in [3.63, 3.8) is 0 Å². The smallest absolute Gasteiger partial charge is 0.387 e. The molecule has 0 aliphatic heterocycles. The van der Waals surface area contributed by atoms with Crippen LogP contribution in [0.3, 0.4) is 0 Å².